The topological polar surface area (TPSA) is 93.4 Å². The van der Waals surface area contributed by atoms with Crippen molar-refractivity contribution >= 4 is 34.6 Å². The van der Waals surface area contributed by atoms with E-state index in [1.54, 1.807) is 27.3 Å². The third kappa shape index (κ3) is 3.72. The molecule has 0 atom stereocenters. The highest BCUT2D eigenvalue weighted by atomic mass is 32.1. The van der Waals surface area contributed by atoms with E-state index in [9.17, 15) is 9.18 Å². The zero-order valence-electron chi connectivity index (χ0n) is 15.8. The molecule has 0 saturated heterocycles. The lowest BCUT2D eigenvalue weighted by Gasteiger charge is -2.07. The molecule has 2 N–H and O–H groups in total. The first-order chi connectivity index (χ1) is 14.5. The number of carbonyl (C=O) groups excluding carboxylic acids is 1. The van der Waals surface area contributed by atoms with Gasteiger partial charge in [-0.1, -0.05) is 17.4 Å². The van der Waals surface area contributed by atoms with Gasteiger partial charge in [-0.05, 0) is 43.4 Å². The first-order valence-electron chi connectivity index (χ1n) is 8.81. The van der Waals surface area contributed by atoms with E-state index in [1.807, 2.05) is 6.92 Å². The van der Waals surface area contributed by atoms with Gasteiger partial charge < -0.3 is 0 Å². The smallest absolute Gasteiger partial charge is 0.276 e. The zero-order valence-corrected chi connectivity index (χ0v) is 17.4. The van der Waals surface area contributed by atoms with E-state index in [4.69, 9.17) is 12.2 Å². The minimum absolute atomic E-state index is 0.297. The van der Waals surface area contributed by atoms with Crippen LogP contribution in [0.3, 0.4) is 0 Å². The molecule has 8 nitrogen and oxygen atoms in total. The van der Waals surface area contributed by atoms with Crippen LogP contribution in [-0.2, 0) is 6.54 Å². The average Bonchev–Trinajstić information content (AvgIpc) is 3.43. The second-order valence-corrected chi connectivity index (χ2v) is 7.65. The molecule has 0 radical (unpaired) electrons. The van der Waals surface area contributed by atoms with Crippen LogP contribution in [0.1, 0.15) is 16.2 Å². The van der Waals surface area contributed by atoms with Crippen molar-refractivity contribution in [3.8, 4) is 16.4 Å². The Morgan fingerprint density at radius 3 is 2.90 bits per heavy atom. The van der Waals surface area contributed by atoms with Gasteiger partial charge in [-0.3, -0.25) is 24.3 Å². The van der Waals surface area contributed by atoms with Crippen LogP contribution in [-0.4, -0.2) is 35.2 Å². The number of rotatable bonds is 6. The number of aromatic amines is 1. The Morgan fingerprint density at radius 2 is 2.17 bits per heavy atom. The molecule has 0 spiro atoms. The van der Waals surface area contributed by atoms with Gasteiger partial charge in [0.15, 0.2) is 15.7 Å². The van der Waals surface area contributed by atoms with E-state index in [2.05, 4.69) is 32.1 Å². The summed E-state index contributed by atoms with van der Waals surface area (Å²) in [5.41, 5.74) is 1.63. The molecule has 0 aliphatic heterocycles. The fraction of sp³-hybridized carbons (Fsp3) is 0.105. The van der Waals surface area contributed by atoms with Crippen molar-refractivity contribution in [1.29, 1.82) is 0 Å². The monoisotopic (exact) mass is 441 g/mol. The van der Waals surface area contributed by atoms with Crippen LogP contribution in [0.15, 0.2) is 49.4 Å². The summed E-state index contributed by atoms with van der Waals surface area (Å²) in [6.45, 7) is 6.07. The molecule has 1 amide bonds. The van der Waals surface area contributed by atoms with Gasteiger partial charge >= 0.3 is 0 Å². The van der Waals surface area contributed by atoms with Crippen LogP contribution in [0.4, 0.5) is 9.52 Å². The SMILES string of the molecule is C=CCn1c(-c2sc(NC(=O)c3cncn3-c3ccc(F)cc3)nc2C)n[nH]c1=S. The molecule has 4 aromatic rings. The predicted octanol–water partition coefficient (Wildman–Crippen LogP) is 4.14. The largest absolute Gasteiger partial charge is 0.296 e. The number of amides is 1. The van der Waals surface area contributed by atoms with E-state index >= 15 is 0 Å². The second-order valence-electron chi connectivity index (χ2n) is 6.26. The number of aryl methyl sites for hydroxylation is 1. The summed E-state index contributed by atoms with van der Waals surface area (Å²) >= 11 is 6.55. The van der Waals surface area contributed by atoms with E-state index < -0.39 is 0 Å². The highest BCUT2D eigenvalue weighted by Gasteiger charge is 2.19. The number of allylic oxidation sites excluding steroid dienone is 1. The summed E-state index contributed by atoms with van der Waals surface area (Å²) in [5, 5.41) is 10.3. The number of nitrogens with one attached hydrogen (secondary N) is 2. The fourth-order valence-electron chi connectivity index (χ4n) is 2.88. The van der Waals surface area contributed by atoms with Gasteiger partial charge in [0.1, 0.15) is 11.5 Å². The van der Waals surface area contributed by atoms with Crippen molar-refractivity contribution in [2.75, 3.05) is 5.32 Å². The van der Waals surface area contributed by atoms with Crippen molar-refractivity contribution in [1.82, 2.24) is 29.3 Å². The van der Waals surface area contributed by atoms with Crippen LogP contribution < -0.4 is 5.32 Å². The lowest BCUT2D eigenvalue weighted by Crippen LogP contribution is -2.16. The minimum Gasteiger partial charge on any atom is -0.296 e. The number of anilines is 1. The maximum absolute atomic E-state index is 13.2. The number of hydrogen-bond acceptors (Lipinski definition) is 6. The van der Waals surface area contributed by atoms with Gasteiger partial charge in [-0.15, -0.1) is 6.58 Å². The summed E-state index contributed by atoms with van der Waals surface area (Å²) in [6, 6.07) is 5.79. The molecule has 0 unspecified atom stereocenters. The maximum Gasteiger partial charge on any atom is 0.276 e. The van der Waals surface area contributed by atoms with E-state index in [0.29, 0.717) is 39.3 Å². The van der Waals surface area contributed by atoms with Gasteiger partial charge in [0.25, 0.3) is 5.91 Å². The van der Waals surface area contributed by atoms with Gasteiger partial charge in [0.2, 0.25) is 0 Å². The second kappa shape index (κ2) is 8.13. The molecule has 4 rings (SSSR count). The number of carbonyl (C=O) groups is 1. The third-order valence-corrected chi connectivity index (χ3v) is 5.65. The number of H-pyrrole nitrogens is 1. The zero-order chi connectivity index (χ0) is 21.3. The Morgan fingerprint density at radius 1 is 1.40 bits per heavy atom. The number of hydrogen-bond donors (Lipinski definition) is 2. The molecule has 11 heteroatoms. The first-order valence-corrected chi connectivity index (χ1v) is 10.0. The van der Waals surface area contributed by atoms with E-state index in [-0.39, 0.29) is 11.7 Å². The third-order valence-electron chi connectivity index (χ3n) is 4.27. The van der Waals surface area contributed by atoms with Crippen molar-refractivity contribution in [2.45, 2.75) is 13.5 Å². The first kappa shape index (κ1) is 19.9. The molecule has 3 heterocycles. The molecule has 0 bridgehead atoms. The molecule has 0 aliphatic rings. The summed E-state index contributed by atoms with van der Waals surface area (Å²) in [4.78, 5) is 22.1. The van der Waals surface area contributed by atoms with Crippen LogP contribution in [0.25, 0.3) is 16.4 Å². The Bertz CT molecular complexity index is 1280. The van der Waals surface area contributed by atoms with Crippen LogP contribution >= 0.6 is 23.6 Å². The molecule has 30 heavy (non-hydrogen) atoms. The summed E-state index contributed by atoms with van der Waals surface area (Å²) in [6.07, 6.45) is 4.66. The number of aromatic nitrogens is 6. The van der Waals surface area contributed by atoms with E-state index in [0.717, 1.165) is 4.88 Å². The number of imidazole rings is 1. The number of halogens is 1. The molecule has 1 aromatic carbocycles. The normalized spacial score (nSPS) is 10.9. The van der Waals surface area contributed by atoms with E-state index in [1.165, 1.54) is 36.0 Å². The Balaban J connectivity index is 1.61. The standard InChI is InChI=1S/C19H16FN7OS2/c1-3-8-26-16(24-25-19(26)29)15-11(2)22-18(30-15)23-17(28)14-9-21-10-27(14)13-6-4-12(20)5-7-13/h3-7,9-10H,1,8H2,2H3,(H,25,29)(H,22,23,28). The van der Waals surface area contributed by atoms with Crippen LogP contribution in [0.5, 0.6) is 0 Å². The van der Waals surface area contributed by atoms with Crippen LogP contribution in [0, 0.1) is 17.5 Å². The molecular formula is C19H16FN7OS2. The van der Waals surface area contributed by atoms with Gasteiger partial charge in [0.05, 0.1) is 23.1 Å². The Hall–Kier alpha value is -3.44. The summed E-state index contributed by atoms with van der Waals surface area (Å²) in [5.74, 6) is -0.112. The molecule has 152 valence electrons. The Kier molecular flexibility index (Phi) is 5.38. The summed E-state index contributed by atoms with van der Waals surface area (Å²) in [7, 11) is 0. The quantitative estimate of drug-likeness (QED) is 0.347. The van der Waals surface area contributed by atoms with Gasteiger partial charge in [-0.25, -0.2) is 14.4 Å². The lowest BCUT2D eigenvalue weighted by molar-refractivity contribution is 0.102. The molecule has 0 aliphatic carbocycles. The van der Waals surface area contributed by atoms with Gasteiger partial charge in [0, 0.05) is 12.2 Å². The Labute approximate surface area is 179 Å². The maximum atomic E-state index is 13.2. The highest BCUT2D eigenvalue weighted by Crippen LogP contribution is 2.32. The highest BCUT2D eigenvalue weighted by molar-refractivity contribution is 7.71. The van der Waals surface area contributed by atoms with Crippen LogP contribution in [0.2, 0.25) is 0 Å². The van der Waals surface area contributed by atoms with Crippen molar-refractivity contribution in [2.24, 2.45) is 0 Å². The molecular weight excluding hydrogens is 425 g/mol. The predicted molar refractivity (Wildman–Crippen MR) is 115 cm³/mol. The van der Waals surface area contributed by atoms with Gasteiger partial charge in [-0.2, -0.15) is 5.10 Å². The number of nitrogens with zero attached hydrogens (tertiary/aromatic N) is 5. The minimum atomic E-state index is -0.387. The van der Waals surface area contributed by atoms with Crippen molar-refractivity contribution in [3.63, 3.8) is 0 Å². The van der Waals surface area contributed by atoms with Crippen molar-refractivity contribution < 1.29 is 9.18 Å². The van der Waals surface area contributed by atoms with Crippen molar-refractivity contribution in [3.05, 3.63) is 71.4 Å². The average molecular weight is 442 g/mol. The summed E-state index contributed by atoms with van der Waals surface area (Å²) < 4.78 is 17.1. The molecule has 0 saturated carbocycles. The lowest BCUT2D eigenvalue weighted by atomic mass is 10.3. The fourth-order valence-corrected chi connectivity index (χ4v) is 4.05. The molecule has 3 aromatic heterocycles. The number of benzene rings is 1. The molecule has 0 fully saturated rings. The number of thiazole rings is 1.